The summed E-state index contributed by atoms with van der Waals surface area (Å²) in [4.78, 5) is 44.2. The van der Waals surface area contributed by atoms with Gasteiger partial charge in [0.1, 0.15) is 23.7 Å². The minimum Gasteiger partial charge on any atom is -0.870 e. The van der Waals surface area contributed by atoms with E-state index in [0.717, 1.165) is 132 Å². The molecule has 2 unspecified atom stereocenters. The van der Waals surface area contributed by atoms with Crippen LogP contribution in [0.5, 0.6) is 0 Å². The van der Waals surface area contributed by atoms with E-state index in [-0.39, 0.29) is 36.3 Å². The van der Waals surface area contributed by atoms with Gasteiger partial charge < -0.3 is 35.8 Å². The van der Waals surface area contributed by atoms with Crippen LogP contribution < -0.4 is 29.5 Å². The van der Waals surface area contributed by atoms with E-state index in [1.54, 1.807) is 0 Å². The summed E-state index contributed by atoms with van der Waals surface area (Å²) in [5.41, 5.74) is 7.13. The molecule has 2 atom stereocenters. The summed E-state index contributed by atoms with van der Waals surface area (Å²) < 4.78 is 5.15. The number of anilines is 2. The van der Waals surface area contributed by atoms with E-state index < -0.39 is 12.0 Å². The summed E-state index contributed by atoms with van der Waals surface area (Å²) in [6.07, 6.45) is 16.2. The number of methoxy groups -OCH3 is 1. The smallest absolute Gasteiger partial charge is 0.870 e. The molecular formula is C55H75LiN8O5. The number of hydrogen-bond donors (Lipinski definition) is 3. The van der Waals surface area contributed by atoms with E-state index in [2.05, 4.69) is 54.5 Å². The molecule has 2 aromatic heterocycles. The molecule has 4 N–H and O–H groups in total. The van der Waals surface area contributed by atoms with Crippen LogP contribution in [0.25, 0.3) is 0 Å². The van der Waals surface area contributed by atoms with Crippen LogP contribution in [0.1, 0.15) is 110 Å². The van der Waals surface area contributed by atoms with Gasteiger partial charge in [0.2, 0.25) is 0 Å². The summed E-state index contributed by atoms with van der Waals surface area (Å²) in [6, 6.07) is 29.1. The van der Waals surface area contributed by atoms with Crippen LogP contribution in [-0.4, -0.2) is 137 Å². The molecule has 0 aliphatic carbocycles. The van der Waals surface area contributed by atoms with E-state index in [1.807, 2.05) is 60.7 Å². The van der Waals surface area contributed by atoms with E-state index in [4.69, 9.17) is 14.7 Å². The van der Waals surface area contributed by atoms with Crippen molar-refractivity contribution in [3.05, 3.63) is 119 Å². The minimum atomic E-state index is -0.744. The van der Waals surface area contributed by atoms with Gasteiger partial charge in [-0.1, -0.05) is 72.8 Å². The Morgan fingerprint density at radius 1 is 0.594 bits per heavy atom. The second kappa shape index (κ2) is 25.7. The fourth-order valence-corrected chi connectivity index (χ4v) is 12.0. The van der Waals surface area contributed by atoms with Crippen LogP contribution in [0, 0.1) is 11.8 Å². The molecule has 4 saturated heterocycles. The number of carbonyl (C=O) groups excluding carboxylic acids is 1. The SMILES string of the molecule is COC(=O)C(c1ccccc1)N1CCC(N2CCC(Cc3ccc4c(n3)NCCC4)CC2)CC1.O=C(O)C(c1ccccc1)N1CCC(N2CCC(Cc3ccc4c(n3)NCCC4)CC2)CC1.[Li+].[OH-]. The number of piperidine rings is 4. The number of esters is 1. The number of pyridine rings is 2. The molecule has 366 valence electrons. The first-order chi connectivity index (χ1) is 32.9. The number of carbonyl (C=O) groups is 2. The molecule has 69 heavy (non-hydrogen) atoms. The van der Waals surface area contributed by atoms with Crippen LogP contribution in [-0.2, 0) is 40.0 Å². The molecule has 0 spiro atoms. The van der Waals surface area contributed by atoms with Crippen LogP contribution in [0.3, 0.4) is 0 Å². The Labute approximate surface area is 422 Å². The average Bonchev–Trinajstić information content (AvgIpc) is 3.38. The van der Waals surface area contributed by atoms with E-state index in [9.17, 15) is 14.7 Å². The molecule has 4 aromatic rings. The topological polar surface area (TPSA) is 156 Å². The predicted octanol–water partition coefficient (Wildman–Crippen LogP) is 4.88. The summed E-state index contributed by atoms with van der Waals surface area (Å²) in [5.74, 6) is 2.77. The Kier molecular flexibility index (Phi) is 19.5. The molecule has 6 aliphatic rings. The van der Waals surface area contributed by atoms with Gasteiger partial charge in [-0.2, -0.15) is 0 Å². The molecule has 8 heterocycles. The van der Waals surface area contributed by atoms with Gasteiger partial charge in [0, 0.05) is 62.7 Å². The molecular weight excluding hydrogens is 860 g/mol. The second-order valence-electron chi connectivity index (χ2n) is 20.1. The van der Waals surface area contributed by atoms with Gasteiger partial charge >= 0.3 is 30.8 Å². The number of rotatable bonds is 12. The summed E-state index contributed by atoms with van der Waals surface area (Å²) >= 11 is 0. The van der Waals surface area contributed by atoms with Gasteiger partial charge in [-0.05, 0) is 162 Å². The minimum absolute atomic E-state index is 0. The number of aliphatic carboxylic acids is 1. The predicted molar refractivity (Wildman–Crippen MR) is 267 cm³/mol. The molecule has 10 rings (SSSR count). The molecule has 14 heteroatoms. The number of aromatic nitrogens is 2. The maximum Gasteiger partial charge on any atom is 1.00 e. The van der Waals surface area contributed by atoms with Crippen molar-refractivity contribution in [1.29, 1.82) is 0 Å². The van der Waals surface area contributed by atoms with Crippen molar-refractivity contribution in [2.45, 2.75) is 114 Å². The van der Waals surface area contributed by atoms with E-state index in [1.165, 1.54) is 81.2 Å². The van der Waals surface area contributed by atoms with Crippen LogP contribution >= 0.6 is 0 Å². The van der Waals surface area contributed by atoms with Crippen molar-refractivity contribution in [1.82, 2.24) is 29.6 Å². The third-order valence-corrected chi connectivity index (χ3v) is 15.8. The maximum atomic E-state index is 12.6. The van der Waals surface area contributed by atoms with Crippen LogP contribution in [0.2, 0.25) is 0 Å². The molecule has 2 aromatic carbocycles. The number of nitrogens with one attached hydrogen (secondary N) is 2. The molecule has 0 amide bonds. The zero-order valence-electron chi connectivity index (χ0n) is 41.3. The van der Waals surface area contributed by atoms with Crippen molar-refractivity contribution in [2.24, 2.45) is 11.8 Å². The van der Waals surface area contributed by atoms with Crippen LogP contribution in [0.15, 0.2) is 84.9 Å². The summed E-state index contributed by atoms with van der Waals surface area (Å²) in [6.45, 7) is 10.3. The Balaban J connectivity index is 0.000000198. The number of likely N-dealkylation sites (tertiary alicyclic amines) is 4. The van der Waals surface area contributed by atoms with Gasteiger partial charge in [-0.3, -0.25) is 14.6 Å². The number of ether oxygens (including phenoxy) is 1. The molecule has 6 aliphatic heterocycles. The third kappa shape index (κ3) is 13.6. The zero-order valence-corrected chi connectivity index (χ0v) is 41.3. The van der Waals surface area contributed by atoms with Gasteiger partial charge in [-0.25, -0.2) is 14.8 Å². The van der Waals surface area contributed by atoms with Crippen molar-refractivity contribution >= 4 is 23.6 Å². The first-order valence-corrected chi connectivity index (χ1v) is 25.7. The maximum absolute atomic E-state index is 12.6. The normalized spacial score (nSPS) is 21.0. The van der Waals surface area contributed by atoms with Gasteiger partial charge in [0.15, 0.2) is 0 Å². The Morgan fingerprint density at radius 2 is 1.00 bits per heavy atom. The molecule has 0 saturated carbocycles. The Hall–Kier alpha value is -4.32. The first kappa shape index (κ1) is 52.5. The number of hydrogen-bond acceptors (Lipinski definition) is 12. The average molecular weight is 935 g/mol. The molecule has 0 bridgehead atoms. The third-order valence-electron chi connectivity index (χ3n) is 15.8. The number of fused-ring (bicyclic) bond motifs is 2. The van der Waals surface area contributed by atoms with Gasteiger partial charge in [0.25, 0.3) is 0 Å². The number of aryl methyl sites for hydroxylation is 2. The zero-order chi connectivity index (χ0) is 46.0. The van der Waals surface area contributed by atoms with Gasteiger partial charge in [-0.15, -0.1) is 0 Å². The largest absolute Gasteiger partial charge is 1.00 e. The Morgan fingerprint density at radius 3 is 1.41 bits per heavy atom. The first-order valence-electron chi connectivity index (χ1n) is 25.7. The quantitative estimate of drug-likeness (QED) is 0.131. The summed E-state index contributed by atoms with van der Waals surface area (Å²) in [7, 11) is 1.49. The van der Waals surface area contributed by atoms with Gasteiger partial charge in [0.05, 0.1) is 7.11 Å². The van der Waals surface area contributed by atoms with Crippen molar-refractivity contribution in [3.63, 3.8) is 0 Å². The number of benzene rings is 2. The molecule has 13 nitrogen and oxygen atoms in total. The number of carboxylic acid groups (broad SMARTS) is 1. The molecule has 4 fully saturated rings. The van der Waals surface area contributed by atoms with E-state index >= 15 is 0 Å². The summed E-state index contributed by atoms with van der Waals surface area (Å²) in [5, 5.41) is 16.8. The monoisotopic (exact) mass is 935 g/mol. The van der Waals surface area contributed by atoms with E-state index in [0.29, 0.717) is 18.0 Å². The fourth-order valence-electron chi connectivity index (χ4n) is 12.0. The van der Waals surface area contributed by atoms with Crippen molar-refractivity contribution in [2.75, 3.05) is 83.2 Å². The standard InChI is InChI=1S/C28H38N4O2.C27H36N4O2.Li.H2O/c1-34-28(33)26(22-6-3-2-4-7-22)32-18-13-25(14-19-32)31-16-11-21(12-17-31)20-24-10-9-23-8-5-15-29-27(23)30-24;32-27(33)25(21-5-2-1-3-6-21)31-17-12-24(13-18-31)30-15-10-20(11-16-30)19-23-9-8-22-7-4-14-28-26(22)29-23;;/h2-4,6-7,9-10,21,25-26H,5,8,11-20H2,1H3,(H,29,30);1-3,5-6,8-9,20,24-25H,4,7,10-19H2,(H,28,29)(H,32,33);;1H2/q;;+1;/p-1. The van der Waals surface area contributed by atoms with Crippen molar-refractivity contribution in [3.8, 4) is 0 Å². The second-order valence-corrected chi connectivity index (χ2v) is 20.1. The number of nitrogens with zero attached hydrogens (tertiary/aromatic N) is 6. The Bertz CT molecular complexity index is 2210. The van der Waals surface area contributed by atoms with Crippen LogP contribution in [0.4, 0.5) is 11.6 Å². The fraction of sp³-hybridized carbons (Fsp3) is 0.564. The van der Waals surface area contributed by atoms with Crippen molar-refractivity contribution < 1.29 is 43.8 Å². The number of carboxylic acids is 1. The molecule has 0 radical (unpaired) electrons.